The summed E-state index contributed by atoms with van der Waals surface area (Å²) < 4.78 is 15.6. The summed E-state index contributed by atoms with van der Waals surface area (Å²) in [6.45, 7) is 1.87. The highest BCUT2D eigenvalue weighted by Gasteiger charge is 2.20. The summed E-state index contributed by atoms with van der Waals surface area (Å²) in [5.41, 5.74) is 2.56. The third-order valence-electron chi connectivity index (χ3n) is 4.02. The number of benzene rings is 2. The second-order valence-corrected chi connectivity index (χ2v) is 5.85. The molecule has 0 spiro atoms. The average Bonchev–Trinajstić information content (AvgIpc) is 2.60. The smallest absolute Gasteiger partial charge is 0.347 e. The van der Waals surface area contributed by atoms with Crippen molar-refractivity contribution in [2.45, 2.75) is 13.0 Å². The molecule has 2 aromatic carbocycles. The molecule has 1 atom stereocenters. The molecule has 0 radical (unpaired) electrons. The van der Waals surface area contributed by atoms with Crippen LogP contribution in [0.2, 0.25) is 0 Å². The van der Waals surface area contributed by atoms with Crippen molar-refractivity contribution >= 4 is 16.9 Å². The fraction of sp³-hybridized carbons (Fsp3) is 0.200. The van der Waals surface area contributed by atoms with E-state index in [-0.39, 0.29) is 12.4 Å². The molecule has 1 aromatic heterocycles. The largest absolute Gasteiger partial charge is 0.478 e. The summed E-state index contributed by atoms with van der Waals surface area (Å²) in [7, 11) is 1.40. The molecule has 0 saturated carbocycles. The molecular formula is C20H18O6. The number of rotatable bonds is 6. The molecule has 0 fully saturated rings. The van der Waals surface area contributed by atoms with Crippen molar-refractivity contribution < 1.29 is 23.8 Å². The van der Waals surface area contributed by atoms with Crippen molar-refractivity contribution in [3.8, 4) is 16.9 Å². The van der Waals surface area contributed by atoms with Gasteiger partial charge in [-0.15, -0.1) is 0 Å². The predicted octanol–water partition coefficient (Wildman–Crippen LogP) is 3.25. The lowest BCUT2D eigenvalue weighted by molar-refractivity contribution is -0.147. The van der Waals surface area contributed by atoms with Crippen LogP contribution in [-0.2, 0) is 9.53 Å². The number of hydrogen-bond acceptors (Lipinski definition) is 5. The zero-order valence-electron chi connectivity index (χ0n) is 14.4. The van der Waals surface area contributed by atoms with Crippen molar-refractivity contribution in [1.29, 1.82) is 0 Å². The second-order valence-electron chi connectivity index (χ2n) is 5.85. The van der Waals surface area contributed by atoms with E-state index in [4.69, 9.17) is 19.0 Å². The Balaban J connectivity index is 2.08. The van der Waals surface area contributed by atoms with Crippen molar-refractivity contribution in [3.05, 3.63) is 64.5 Å². The molecule has 0 aliphatic heterocycles. The van der Waals surface area contributed by atoms with Crippen LogP contribution >= 0.6 is 0 Å². The van der Waals surface area contributed by atoms with Gasteiger partial charge in [0.15, 0.2) is 0 Å². The highest BCUT2D eigenvalue weighted by Crippen LogP contribution is 2.31. The fourth-order valence-corrected chi connectivity index (χ4v) is 2.79. The zero-order chi connectivity index (χ0) is 18.7. The quantitative estimate of drug-likeness (QED) is 0.684. The Morgan fingerprint density at radius 1 is 1.15 bits per heavy atom. The first kappa shape index (κ1) is 17.7. The first-order chi connectivity index (χ1) is 12.5. The lowest BCUT2D eigenvalue weighted by Gasteiger charge is -2.15. The minimum atomic E-state index is -1.15. The molecular weight excluding hydrogens is 336 g/mol. The standard InChI is InChI=1S/C20H18O6/c1-12-5-3-4-6-14(12)16-10-19(21)26-17-9-13(7-8-15(16)17)25-18(11-24-2)20(22)23/h3-10,18H,11H2,1-2H3,(H,22,23)/t18-/m1/s1. The topological polar surface area (TPSA) is 86.0 Å². The van der Waals surface area contributed by atoms with Gasteiger partial charge in [-0.3, -0.25) is 0 Å². The summed E-state index contributed by atoms with van der Waals surface area (Å²) in [6, 6.07) is 14.1. The van der Waals surface area contributed by atoms with E-state index in [9.17, 15) is 9.59 Å². The van der Waals surface area contributed by atoms with E-state index in [1.165, 1.54) is 19.2 Å². The predicted molar refractivity (Wildman–Crippen MR) is 96.6 cm³/mol. The highest BCUT2D eigenvalue weighted by atomic mass is 16.5. The normalized spacial score (nSPS) is 12.1. The minimum absolute atomic E-state index is 0.0967. The molecule has 3 aromatic rings. The van der Waals surface area contributed by atoms with E-state index >= 15 is 0 Å². The van der Waals surface area contributed by atoms with Crippen LogP contribution in [0.1, 0.15) is 5.56 Å². The molecule has 3 rings (SSSR count). The summed E-state index contributed by atoms with van der Waals surface area (Å²) in [6.07, 6.45) is -1.15. The van der Waals surface area contributed by atoms with Crippen LogP contribution < -0.4 is 10.4 Å². The summed E-state index contributed by atoms with van der Waals surface area (Å²) in [5.74, 6) is -0.853. The van der Waals surface area contributed by atoms with Crippen LogP contribution in [0.3, 0.4) is 0 Å². The van der Waals surface area contributed by atoms with E-state index in [1.807, 2.05) is 31.2 Å². The Labute approximate surface area is 149 Å². The number of aliphatic carboxylic acids is 1. The van der Waals surface area contributed by atoms with Crippen LogP contribution in [0.25, 0.3) is 22.1 Å². The number of carboxylic acid groups (broad SMARTS) is 1. The molecule has 0 unspecified atom stereocenters. The van der Waals surface area contributed by atoms with E-state index in [1.54, 1.807) is 12.1 Å². The molecule has 0 bridgehead atoms. The van der Waals surface area contributed by atoms with Gasteiger partial charge in [0.1, 0.15) is 11.3 Å². The molecule has 0 amide bonds. The van der Waals surface area contributed by atoms with Gasteiger partial charge in [-0.25, -0.2) is 9.59 Å². The number of methoxy groups -OCH3 is 1. The van der Waals surface area contributed by atoms with Crippen LogP contribution in [0, 0.1) is 6.92 Å². The van der Waals surface area contributed by atoms with Gasteiger partial charge < -0.3 is 19.0 Å². The molecule has 6 heteroatoms. The lowest BCUT2D eigenvalue weighted by Crippen LogP contribution is -2.31. The molecule has 0 aliphatic rings. The summed E-state index contributed by atoms with van der Waals surface area (Å²) in [4.78, 5) is 23.2. The van der Waals surface area contributed by atoms with E-state index in [0.717, 1.165) is 22.1 Å². The zero-order valence-corrected chi connectivity index (χ0v) is 14.4. The van der Waals surface area contributed by atoms with E-state index in [2.05, 4.69) is 0 Å². The van der Waals surface area contributed by atoms with Crippen LogP contribution in [0.15, 0.2) is 57.7 Å². The van der Waals surface area contributed by atoms with Crippen LogP contribution in [0.4, 0.5) is 0 Å². The van der Waals surface area contributed by atoms with Crippen LogP contribution in [0.5, 0.6) is 5.75 Å². The summed E-state index contributed by atoms with van der Waals surface area (Å²) in [5, 5.41) is 9.91. The minimum Gasteiger partial charge on any atom is -0.478 e. The molecule has 1 heterocycles. The van der Waals surface area contributed by atoms with Crippen molar-refractivity contribution in [3.63, 3.8) is 0 Å². The first-order valence-electron chi connectivity index (χ1n) is 8.02. The van der Waals surface area contributed by atoms with Gasteiger partial charge in [-0.05, 0) is 30.2 Å². The van der Waals surface area contributed by atoms with Gasteiger partial charge in [0, 0.05) is 30.2 Å². The molecule has 26 heavy (non-hydrogen) atoms. The molecule has 0 saturated heterocycles. The number of aryl methyl sites for hydroxylation is 1. The highest BCUT2D eigenvalue weighted by molar-refractivity contribution is 5.94. The third kappa shape index (κ3) is 3.60. The van der Waals surface area contributed by atoms with E-state index < -0.39 is 17.7 Å². The SMILES string of the molecule is COC[C@@H](Oc1ccc2c(-c3ccccc3C)cc(=O)oc2c1)C(=O)O. The number of carbonyl (C=O) groups is 1. The van der Waals surface area contributed by atoms with Gasteiger partial charge in [0.2, 0.25) is 6.10 Å². The van der Waals surface area contributed by atoms with Gasteiger partial charge in [0.25, 0.3) is 0 Å². The fourth-order valence-electron chi connectivity index (χ4n) is 2.79. The van der Waals surface area contributed by atoms with Gasteiger partial charge >= 0.3 is 11.6 Å². The van der Waals surface area contributed by atoms with Gasteiger partial charge in [-0.1, -0.05) is 24.3 Å². The van der Waals surface area contributed by atoms with Crippen molar-refractivity contribution in [1.82, 2.24) is 0 Å². The number of carboxylic acids is 1. The van der Waals surface area contributed by atoms with Crippen LogP contribution in [-0.4, -0.2) is 30.9 Å². The molecule has 1 N–H and O–H groups in total. The Morgan fingerprint density at radius 2 is 1.92 bits per heavy atom. The monoisotopic (exact) mass is 354 g/mol. The Bertz CT molecular complexity index is 1000. The number of ether oxygens (including phenoxy) is 2. The van der Waals surface area contributed by atoms with E-state index in [0.29, 0.717) is 5.58 Å². The average molecular weight is 354 g/mol. The molecule has 134 valence electrons. The third-order valence-corrected chi connectivity index (χ3v) is 4.02. The van der Waals surface area contributed by atoms with Gasteiger partial charge in [0.05, 0.1) is 6.61 Å². The second kappa shape index (κ2) is 7.41. The molecule has 0 aliphatic carbocycles. The Morgan fingerprint density at radius 3 is 2.62 bits per heavy atom. The van der Waals surface area contributed by atoms with Crippen molar-refractivity contribution in [2.75, 3.05) is 13.7 Å². The Hall–Kier alpha value is -3.12. The maximum Gasteiger partial charge on any atom is 0.347 e. The summed E-state index contributed by atoms with van der Waals surface area (Å²) >= 11 is 0. The maximum atomic E-state index is 12.0. The molecule has 6 nitrogen and oxygen atoms in total. The number of fused-ring (bicyclic) bond motifs is 1. The Kier molecular flexibility index (Phi) is 5.04. The van der Waals surface area contributed by atoms with Crippen molar-refractivity contribution in [2.24, 2.45) is 0 Å². The number of hydrogen-bond donors (Lipinski definition) is 1. The first-order valence-corrected chi connectivity index (χ1v) is 8.02. The lowest BCUT2D eigenvalue weighted by atomic mass is 9.98. The maximum absolute atomic E-state index is 12.0. The van der Waals surface area contributed by atoms with Gasteiger partial charge in [-0.2, -0.15) is 0 Å².